The Bertz CT molecular complexity index is 1220. The first kappa shape index (κ1) is 22.5. The molecule has 0 saturated heterocycles. The molecule has 0 aliphatic carbocycles. The SMILES string of the molecule is Cc1ccc(C)c([C@H](C)NC(=O)c2cccc(S(=O)(=O)N(C)c3ccccc3F)c2)c1. The van der Waals surface area contributed by atoms with Gasteiger partial charge in [0.25, 0.3) is 15.9 Å². The van der Waals surface area contributed by atoms with E-state index in [1.165, 1.54) is 43.4 Å². The number of rotatable bonds is 6. The molecule has 3 aromatic carbocycles. The number of anilines is 1. The average Bonchev–Trinajstić information content (AvgIpc) is 2.75. The van der Waals surface area contributed by atoms with Crippen LogP contribution in [0.3, 0.4) is 0 Å². The van der Waals surface area contributed by atoms with Gasteiger partial charge in [-0.25, -0.2) is 12.8 Å². The summed E-state index contributed by atoms with van der Waals surface area (Å²) in [6.45, 7) is 5.84. The Morgan fingerprint density at radius 2 is 1.71 bits per heavy atom. The zero-order valence-electron chi connectivity index (χ0n) is 17.9. The van der Waals surface area contributed by atoms with Crippen molar-refractivity contribution in [3.63, 3.8) is 0 Å². The normalized spacial score (nSPS) is 12.3. The molecule has 31 heavy (non-hydrogen) atoms. The van der Waals surface area contributed by atoms with E-state index in [1.807, 2.05) is 39.0 Å². The molecule has 0 heterocycles. The Hall–Kier alpha value is -3.19. The van der Waals surface area contributed by atoms with Gasteiger partial charge in [0.1, 0.15) is 5.82 Å². The topological polar surface area (TPSA) is 66.5 Å². The van der Waals surface area contributed by atoms with Crippen LogP contribution in [0.2, 0.25) is 0 Å². The second-order valence-corrected chi connectivity index (χ2v) is 9.48. The number of aryl methyl sites for hydroxylation is 2. The van der Waals surface area contributed by atoms with Crippen molar-refractivity contribution in [3.05, 3.63) is 94.8 Å². The van der Waals surface area contributed by atoms with Crippen molar-refractivity contribution in [1.29, 1.82) is 0 Å². The monoisotopic (exact) mass is 440 g/mol. The fraction of sp³-hybridized carbons (Fsp3) is 0.208. The average molecular weight is 441 g/mol. The predicted octanol–water partition coefficient (Wildman–Crippen LogP) is 4.76. The summed E-state index contributed by atoms with van der Waals surface area (Å²) in [6, 6.07) is 17.1. The molecule has 5 nitrogen and oxygen atoms in total. The third-order valence-corrected chi connectivity index (χ3v) is 6.96. The van der Waals surface area contributed by atoms with Crippen molar-refractivity contribution in [2.75, 3.05) is 11.4 Å². The fourth-order valence-electron chi connectivity index (χ4n) is 3.38. The van der Waals surface area contributed by atoms with Gasteiger partial charge in [-0.2, -0.15) is 0 Å². The predicted molar refractivity (Wildman–Crippen MR) is 120 cm³/mol. The van der Waals surface area contributed by atoms with Gasteiger partial charge in [-0.05, 0) is 62.2 Å². The highest BCUT2D eigenvalue weighted by molar-refractivity contribution is 7.92. The molecule has 0 saturated carbocycles. The molecule has 162 valence electrons. The molecule has 1 N–H and O–H groups in total. The minimum atomic E-state index is -4.05. The molecule has 0 aliphatic rings. The molecule has 7 heteroatoms. The highest BCUT2D eigenvalue weighted by Gasteiger charge is 2.24. The zero-order valence-corrected chi connectivity index (χ0v) is 18.7. The van der Waals surface area contributed by atoms with Crippen LogP contribution >= 0.6 is 0 Å². The van der Waals surface area contributed by atoms with Gasteiger partial charge in [0.2, 0.25) is 0 Å². The summed E-state index contributed by atoms with van der Waals surface area (Å²) in [4.78, 5) is 12.7. The Kier molecular flexibility index (Phi) is 6.45. The van der Waals surface area contributed by atoms with Gasteiger partial charge in [0.05, 0.1) is 16.6 Å². The first-order chi connectivity index (χ1) is 14.6. The standard InChI is InChI=1S/C24H25FN2O3S/c1-16-12-13-17(2)21(14-16)18(3)26-24(28)19-8-7-9-20(15-19)31(29,30)27(4)23-11-6-5-10-22(23)25/h5-15,18H,1-4H3,(H,26,28)/t18-/m0/s1. The summed E-state index contributed by atoms with van der Waals surface area (Å²) < 4.78 is 41.0. The Morgan fingerprint density at radius 1 is 1.00 bits per heavy atom. The molecule has 0 fully saturated rings. The summed E-state index contributed by atoms with van der Waals surface area (Å²) in [5, 5.41) is 2.92. The van der Waals surface area contributed by atoms with Gasteiger partial charge < -0.3 is 5.32 Å². The molecule has 0 aliphatic heterocycles. The zero-order chi connectivity index (χ0) is 22.8. The van der Waals surface area contributed by atoms with E-state index < -0.39 is 15.8 Å². The lowest BCUT2D eigenvalue weighted by Crippen LogP contribution is -2.29. The second-order valence-electron chi connectivity index (χ2n) is 7.51. The summed E-state index contributed by atoms with van der Waals surface area (Å²) in [5.41, 5.74) is 3.28. The third-order valence-electron chi connectivity index (χ3n) is 5.20. The number of amides is 1. The van der Waals surface area contributed by atoms with Crippen molar-refractivity contribution in [3.8, 4) is 0 Å². The van der Waals surface area contributed by atoms with Crippen LogP contribution in [0.1, 0.15) is 40.0 Å². The molecule has 3 aromatic rings. The van der Waals surface area contributed by atoms with Gasteiger partial charge >= 0.3 is 0 Å². The van der Waals surface area contributed by atoms with Crippen molar-refractivity contribution in [2.24, 2.45) is 0 Å². The van der Waals surface area contributed by atoms with Gasteiger partial charge in [-0.15, -0.1) is 0 Å². The summed E-state index contributed by atoms with van der Waals surface area (Å²) in [5.74, 6) is -1.04. The number of hydrogen-bond acceptors (Lipinski definition) is 3. The minimum Gasteiger partial charge on any atom is -0.346 e. The van der Waals surface area contributed by atoms with Crippen LogP contribution in [0, 0.1) is 19.7 Å². The lowest BCUT2D eigenvalue weighted by Gasteiger charge is -2.21. The lowest BCUT2D eigenvalue weighted by atomic mass is 10.00. The first-order valence-corrected chi connectivity index (χ1v) is 11.3. The smallest absolute Gasteiger partial charge is 0.264 e. The largest absolute Gasteiger partial charge is 0.346 e. The molecular weight excluding hydrogens is 415 g/mol. The van der Waals surface area contributed by atoms with E-state index in [0.717, 1.165) is 21.0 Å². The summed E-state index contributed by atoms with van der Waals surface area (Å²) in [7, 11) is -2.77. The van der Waals surface area contributed by atoms with E-state index in [-0.39, 0.29) is 28.1 Å². The molecule has 0 bridgehead atoms. The molecule has 0 unspecified atom stereocenters. The van der Waals surface area contributed by atoms with Crippen molar-refractivity contribution in [1.82, 2.24) is 5.32 Å². The Labute approximate surface area is 182 Å². The lowest BCUT2D eigenvalue weighted by molar-refractivity contribution is 0.0939. The maximum Gasteiger partial charge on any atom is 0.264 e. The number of carbonyl (C=O) groups excluding carboxylic acids is 1. The van der Waals surface area contributed by atoms with Crippen LogP contribution in [-0.2, 0) is 10.0 Å². The molecule has 0 spiro atoms. The number of carbonyl (C=O) groups is 1. The molecule has 0 radical (unpaired) electrons. The number of halogens is 1. The summed E-state index contributed by atoms with van der Waals surface area (Å²) in [6.07, 6.45) is 0. The molecule has 0 aromatic heterocycles. The maximum atomic E-state index is 14.1. The van der Waals surface area contributed by atoms with Crippen LogP contribution in [-0.4, -0.2) is 21.4 Å². The van der Waals surface area contributed by atoms with Crippen LogP contribution in [0.25, 0.3) is 0 Å². The van der Waals surface area contributed by atoms with Gasteiger partial charge in [0.15, 0.2) is 0 Å². The van der Waals surface area contributed by atoms with Crippen LogP contribution in [0.4, 0.5) is 10.1 Å². The first-order valence-electron chi connectivity index (χ1n) is 9.83. The number of sulfonamides is 1. The molecule has 1 atom stereocenters. The molecular formula is C24H25FN2O3S. The number of nitrogens with one attached hydrogen (secondary N) is 1. The fourth-order valence-corrected chi connectivity index (χ4v) is 4.63. The number of nitrogens with zero attached hydrogens (tertiary/aromatic N) is 1. The number of benzene rings is 3. The molecule has 3 rings (SSSR count). The third kappa shape index (κ3) is 4.77. The Morgan fingerprint density at radius 3 is 2.42 bits per heavy atom. The molecule has 1 amide bonds. The van der Waals surface area contributed by atoms with E-state index in [1.54, 1.807) is 12.1 Å². The number of para-hydroxylation sites is 1. The number of hydrogen-bond donors (Lipinski definition) is 1. The van der Waals surface area contributed by atoms with E-state index in [4.69, 9.17) is 0 Å². The quantitative estimate of drug-likeness (QED) is 0.601. The summed E-state index contributed by atoms with van der Waals surface area (Å²) >= 11 is 0. The van der Waals surface area contributed by atoms with E-state index >= 15 is 0 Å². The maximum absolute atomic E-state index is 14.1. The van der Waals surface area contributed by atoms with E-state index in [2.05, 4.69) is 5.32 Å². The van der Waals surface area contributed by atoms with Gasteiger partial charge in [0, 0.05) is 12.6 Å². The highest BCUT2D eigenvalue weighted by atomic mass is 32.2. The van der Waals surface area contributed by atoms with E-state index in [9.17, 15) is 17.6 Å². The second kappa shape index (κ2) is 8.89. The van der Waals surface area contributed by atoms with Crippen LogP contribution < -0.4 is 9.62 Å². The van der Waals surface area contributed by atoms with Crippen molar-refractivity contribution < 1.29 is 17.6 Å². The van der Waals surface area contributed by atoms with Crippen LogP contribution in [0.5, 0.6) is 0 Å². The van der Waals surface area contributed by atoms with Crippen LogP contribution in [0.15, 0.2) is 71.6 Å². The highest BCUT2D eigenvalue weighted by Crippen LogP contribution is 2.25. The van der Waals surface area contributed by atoms with Crippen molar-refractivity contribution in [2.45, 2.75) is 31.7 Å². The minimum absolute atomic E-state index is 0.0686. The van der Waals surface area contributed by atoms with Crippen molar-refractivity contribution >= 4 is 21.6 Å². The van der Waals surface area contributed by atoms with Gasteiger partial charge in [-0.1, -0.05) is 42.0 Å². The van der Waals surface area contributed by atoms with Gasteiger partial charge in [-0.3, -0.25) is 9.10 Å². The van der Waals surface area contributed by atoms with E-state index in [0.29, 0.717) is 0 Å². The Balaban J connectivity index is 1.86.